The van der Waals surface area contributed by atoms with Gasteiger partial charge in [-0.05, 0) is 60.0 Å². The zero-order chi connectivity index (χ0) is 20.4. The Labute approximate surface area is 164 Å². The highest BCUT2D eigenvalue weighted by atomic mass is 16.2. The van der Waals surface area contributed by atoms with Crippen molar-refractivity contribution < 1.29 is 14.4 Å². The smallest absolute Gasteiger partial charge is 0.255 e. The second-order valence-corrected chi connectivity index (χ2v) is 6.93. The van der Waals surface area contributed by atoms with E-state index in [1.165, 1.54) is 11.0 Å². The van der Waals surface area contributed by atoms with Crippen LogP contribution in [0.3, 0.4) is 0 Å². The first-order valence-electron chi connectivity index (χ1n) is 9.04. The van der Waals surface area contributed by atoms with Gasteiger partial charge in [-0.1, -0.05) is 13.5 Å². The van der Waals surface area contributed by atoms with Crippen LogP contribution in [-0.4, -0.2) is 31.8 Å². The van der Waals surface area contributed by atoms with Crippen LogP contribution >= 0.6 is 0 Å². The predicted molar refractivity (Wildman–Crippen MR) is 111 cm³/mol. The highest BCUT2D eigenvalue weighted by molar-refractivity contribution is 6.06. The number of benzene rings is 2. The Bertz CT molecular complexity index is 950. The SMILES string of the molecule is C=CC(=O)N(C)c1ccc(C(=O)Nc2ccc3c(c2)C(C)CC(=O)N3C)cc1. The highest BCUT2D eigenvalue weighted by Crippen LogP contribution is 2.36. The number of fused-ring (bicyclic) bond motifs is 1. The third kappa shape index (κ3) is 3.67. The summed E-state index contributed by atoms with van der Waals surface area (Å²) in [7, 11) is 3.41. The van der Waals surface area contributed by atoms with Crippen LogP contribution in [0.1, 0.15) is 35.2 Å². The van der Waals surface area contributed by atoms with Crippen molar-refractivity contribution in [3.05, 3.63) is 66.2 Å². The molecule has 1 unspecified atom stereocenters. The van der Waals surface area contributed by atoms with E-state index < -0.39 is 0 Å². The highest BCUT2D eigenvalue weighted by Gasteiger charge is 2.26. The fourth-order valence-electron chi connectivity index (χ4n) is 3.28. The molecule has 0 aromatic heterocycles. The molecule has 0 radical (unpaired) electrons. The van der Waals surface area contributed by atoms with Gasteiger partial charge in [-0.2, -0.15) is 0 Å². The molecule has 1 N–H and O–H groups in total. The maximum Gasteiger partial charge on any atom is 0.255 e. The van der Waals surface area contributed by atoms with Gasteiger partial charge in [0.05, 0.1) is 0 Å². The maximum absolute atomic E-state index is 12.6. The Morgan fingerprint density at radius 3 is 2.54 bits per heavy atom. The second kappa shape index (κ2) is 7.68. The summed E-state index contributed by atoms with van der Waals surface area (Å²) in [5, 5.41) is 2.90. The Morgan fingerprint density at radius 1 is 1.21 bits per heavy atom. The quantitative estimate of drug-likeness (QED) is 0.829. The van der Waals surface area contributed by atoms with Gasteiger partial charge < -0.3 is 15.1 Å². The number of nitrogens with one attached hydrogen (secondary N) is 1. The van der Waals surface area contributed by atoms with Crippen molar-refractivity contribution in [3.63, 3.8) is 0 Å². The van der Waals surface area contributed by atoms with E-state index >= 15 is 0 Å². The van der Waals surface area contributed by atoms with Gasteiger partial charge in [0.2, 0.25) is 11.8 Å². The van der Waals surface area contributed by atoms with E-state index in [9.17, 15) is 14.4 Å². The van der Waals surface area contributed by atoms with Crippen LogP contribution in [0.4, 0.5) is 17.1 Å². The van der Waals surface area contributed by atoms with Gasteiger partial charge in [0.25, 0.3) is 5.91 Å². The molecule has 1 heterocycles. The Kier molecular flexibility index (Phi) is 5.31. The summed E-state index contributed by atoms with van der Waals surface area (Å²) in [6.45, 7) is 5.48. The largest absolute Gasteiger partial charge is 0.322 e. The van der Waals surface area contributed by atoms with Gasteiger partial charge in [-0.25, -0.2) is 0 Å². The molecule has 6 nitrogen and oxygen atoms in total. The fraction of sp³-hybridized carbons (Fsp3) is 0.227. The van der Waals surface area contributed by atoms with E-state index in [0.717, 1.165) is 11.3 Å². The molecule has 0 bridgehead atoms. The van der Waals surface area contributed by atoms with E-state index in [4.69, 9.17) is 0 Å². The monoisotopic (exact) mass is 377 g/mol. The molecule has 6 heteroatoms. The Balaban J connectivity index is 1.77. The van der Waals surface area contributed by atoms with Gasteiger partial charge in [-0.15, -0.1) is 0 Å². The predicted octanol–water partition coefficient (Wildman–Crippen LogP) is 3.56. The van der Waals surface area contributed by atoms with E-state index in [1.54, 1.807) is 49.3 Å². The van der Waals surface area contributed by atoms with Crippen molar-refractivity contribution >= 4 is 34.8 Å². The molecular weight excluding hydrogens is 354 g/mol. The first kappa shape index (κ1) is 19.4. The number of amides is 3. The summed E-state index contributed by atoms with van der Waals surface area (Å²) in [6, 6.07) is 12.3. The number of hydrogen-bond donors (Lipinski definition) is 1. The van der Waals surface area contributed by atoms with Gasteiger partial charge in [0.15, 0.2) is 0 Å². The van der Waals surface area contributed by atoms with Crippen LogP contribution in [-0.2, 0) is 9.59 Å². The lowest BCUT2D eigenvalue weighted by Gasteiger charge is -2.30. The minimum Gasteiger partial charge on any atom is -0.322 e. The average molecular weight is 377 g/mol. The number of carbonyl (C=O) groups excluding carboxylic acids is 3. The van der Waals surface area contributed by atoms with Crippen molar-refractivity contribution in [2.45, 2.75) is 19.3 Å². The molecule has 3 rings (SSSR count). The molecule has 1 aliphatic rings. The zero-order valence-corrected chi connectivity index (χ0v) is 16.2. The number of carbonyl (C=O) groups is 3. The fourth-order valence-corrected chi connectivity index (χ4v) is 3.28. The summed E-state index contributed by atoms with van der Waals surface area (Å²) in [5.41, 5.74) is 3.76. The minimum absolute atomic E-state index is 0.0942. The normalized spacial score (nSPS) is 15.6. The molecule has 1 atom stereocenters. The number of anilines is 3. The topological polar surface area (TPSA) is 69.7 Å². The van der Waals surface area contributed by atoms with Crippen molar-refractivity contribution in [3.8, 4) is 0 Å². The molecular formula is C22H23N3O3. The molecule has 0 saturated heterocycles. The number of rotatable bonds is 4. The van der Waals surface area contributed by atoms with Crippen LogP contribution in [0.15, 0.2) is 55.1 Å². The summed E-state index contributed by atoms with van der Waals surface area (Å²) >= 11 is 0. The van der Waals surface area contributed by atoms with Gasteiger partial charge in [0, 0.05) is 43.1 Å². The third-order valence-electron chi connectivity index (χ3n) is 5.05. The third-order valence-corrected chi connectivity index (χ3v) is 5.05. The van der Waals surface area contributed by atoms with E-state index in [2.05, 4.69) is 11.9 Å². The standard InChI is InChI=1S/C22H23N3O3/c1-5-20(26)24(3)17-9-6-15(7-10-17)22(28)23-16-8-11-19-18(13-16)14(2)12-21(27)25(19)4/h5-11,13-14H,1,12H2,2-4H3,(H,23,28). The second-order valence-electron chi connectivity index (χ2n) is 6.93. The average Bonchev–Trinajstić information content (AvgIpc) is 2.71. The summed E-state index contributed by atoms with van der Waals surface area (Å²) < 4.78 is 0. The molecule has 1 aliphatic heterocycles. The lowest BCUT2D eigenvalue weighted by Crippen LogP contribution is -2.32. The van der Waals surface area contributed by atoms with Gasteiger partial charge in [0.1, 0.15) is 0 Å². The lowest BCUT2D eigenvalue weighted by molar-refractivity contribution is -0.119. The molecule has 144 valence electrons. The summed E-state index contributed by atoms with van der Waals surface area (Å²) in [4.78, 5) is 39.3. The molecule has 2 aromatic carbocycles. The zero-order valence-electron chi connectivity index (χ0n) is 16.2. The molecule has 0 aliphatic carbocycles. The van der Waals surface area contributed by atoms with Crippen LogP contribution in [0.5, 0.6) is 0 Å². The first-order valence-corrected chi connectivity index (χ1v) is 9.04. The van der Waals surface area contributed by atoms with E-state index in [1.807, 2.05) is 19.1 Å². The number of hydrogen-bond acceptors (Lipinski definition) is 3. The van der Waals surface area contributed by atoms with Crippen LogP contribution in [0, 0.1) is 0 Å². The lowest BCUT2D eigenvalue weighted by atomic mass is 9.91. The van der Waals surface area contributed by atoms with Crippen molar-refractivity contribution in [2.75, 3.05) is 29.2 Å². The van der Waals surface area contributed by atoms with Gasteiger partial charge >= 0.3 is 0 Å². The number of likely N-dealkylation sites (N-methyl/N-ethyl adjacent to an activating group) is 1. The Morgan fingerprint density at radius 2 is 1.89 bits per heavy atom. The Hall–Kier alpha value is -3.41. The summed E-state index contributed by atoms with van der Waals surface area (Å²) in [6.07, 6.45) is 1.70. The van der Waals surface area contributed by atoms with Crippen molar-refractivity contribution in [2.24, 2.45) is 0 Å². The van der Waals surface area contributed by atoms with E-state index in [-0.39, 0.29) is 23.6 Å². The first-order chi connectivity index (χ1) is 13.3. The van der Waals surface area contributed by atoms with Crippen LogP contribution in [0.2, 0.25) is 0 Å². The van der Waals surface area contributed by atoms with Crippen LogP contribution < -0.4 is 15.1 Å². The van der Waals surface area contributed by atoms with Crippen molar-refractivity contribution in [1.29, 1.82) is 0 Å². The van der Waals surface area contributed by atoms with E-state index in [0.29, 0.717) is 23.4 Å². The van der Waals surface area contributed by atoms with Crippen molar-refractivity contribution in [1.82, 2.24) is 0 Å². The molecule has 0 saturated carbocycles. The molecule has 28 heavy (non-hydrogen) atoms. The molecule has 2 aromatic rings. The molecule has 0 spiro atoms. The minimum atomic E-state index is -0.239. The van der Waals surface area contributed by atoms with Gasteiger partial charge in [-0.3, -0.25) is 14.4 Å². The molecule has 3 amide bonds. The van der Waals surface area contributed by atoms with Crippen LogP contribution in [0.25, 0.3) is 0 Å². The maximum atomic E-state index is 12.6. The number of nitrogens with zero attached hydrogens (tertiary/aromatic N) is 2. The molecule has 0 fully saturated rings. The summed E-state index contributed by atoms with van der Waals surface area (Å²) in [5.74, 6) is -0.259.